The van der Waals surface area contributed by atoms with Crippen LogP contribution in [0, 0.1) is 5.41 Å². The van der Waals surface area contributed by atoms with Gasteiger partial charge in [0.05, 0.1) is 12.4 Å². The minimum atomic E-state index is -4.46. The molecule has 0 aromatic carbocycles. The number of rotatable bonds is 2. The van der Waals surface area contributed by atoms with Crippen molar-refractivity contribution in [3.05, 3.63) is 18.1 Å². The molecule has 1 saturated heterocycles. The number of nitrogens with zero attached hydrogens (tertiary/aromatic N) is 2. The van der Waals surface area contributed by atoms with Gasteiger partial charge in [-0.25, -0.2) is 9.97 Å². The molecule has 0 unspecified atom stereocenters. The molecule has 2 aliphatic rings. The fourth-order valence-electron chi connectivity index (χ4n) is 2.85. The number of hydrogen-bond acceptors (Lipinski definition) is 4. The summed E-state index contributed by atoms with van der Waals surface area (Å²) in [6, 6.07) is 0. The van der Waals surface area contributed by atoms with Crippen LogP contribution in [0.1, 0.15) is 31.4 Å². The average Bonchev–Trinajstić information content (AvgIpc) is 2.37. The lowest BCUT2D eigenvalue weighted by atomic mass is 9.69. The van der Waals surface area contributed by atoms with Crippen molar-refractivity contribution in [2.24, 2.45) is 5.41 Å². The predicted octanol–water partition coefficient (Wildman–Crippen LogP) is 2.41. The third-order valence-electron chi connectivity index (χ3n) is 4.20. The topological polar surface area (TPSA) is 47.0 Å². The first-order chi connectivity index (χ1) is 9.47. The average molecular weight is 287 g/mol. The smallest absolute Gasteiger partial charge is 0.434 e. The van der Waals surface area contributed by atoms with Gasteiger partial charge in [0.25, 0.3) is 0 Å². The molecule has 3 rings (SSSR count). The molecular weight excluding hydrogens is 271 g/mol. The first-order valence-corrected chi connectivity index (χ1v) is 6.74. The molecule has 0 atom stereocenters. The number of hydrogen-bond donors (Lipinski definition) is 1. The van der Waals surface area contributed by atoms with Gasteiger partial charge in [-0.3, -0.25) is 0 Å². The summed E-state index contributed by atoms with van der Waals surface area (Å²) in [6.07, 6.45) is 1.38. The summed E-state index contributed by atoms with van der Waals surface area (Å²) in [5.74, 6) is 0.172. The van der Waals surface area contributed by atoms with Crippen LogP contribution in [0.4, 0.5) is 13.2 Å². The summed E-state index contributed by atoms with van der Waals surface area (Å²) >= 11 is 0. The molecule has 1 aromatic heterocycles. The second-order valence-corrected chi connectivity index (χ2v) is 5.66. The van der Waals surface area contributed by atoms with E-state index < -0.39 is 11.9 Å². The molecule has 1 spiro atoms. The third kappa shape index (κ3) is 2.72. The standard InChI is InChI=1S/C13H16F3N3O/c14-13(15,16)10-5-19-11(6-18-10)20-9-1-3-12(4-2-9)7-17-8-12/h5-6,9,17H,1-4,7-8H2. The highest BCUT2D eigenvalue weighted by molar-refractivity contribution is 5.10. The molecule has 2 heterocycles. The fraction of sp³-hybridized carbons (Fsp3) is 0.692. The molecule has 7 heteroatoms. The van der Waals surface area contributed by atoms with Crippen LogP contribution in [0.15, 0.2) is 12.4 Å². The number of aromatic nitrogens is 2. The van der Waals surface area contributed by atoms with Gasteiger partial charge < -0.3 is 10.1 Å². The molecule has 0 radical (unpaired) electrons. The van der Waals surface area contributed by atoms with E-state index in [1.165, 1.54) is 0 Å². The van der Waals surface area contributed by atoms with Gasteiger partial charge in [-0.15, -0.1) is 0 Å². The summed E-state index contributed by atoms with van der Waals surface area (Å²) in [5.41, 5.74) is -0.556. The van der Waals surface area contributed by atoms with Crippen LogP contribution in [0.25, 0.3) is 0 Å². The van der Waals surface area contributed by atoms with Gasteiger partial charge in [-0.2, -0.15) is 13.2 Å². The van der Waals surface area contributed by atoms with Gasteiger partial charge in [0.1, 0.15) is 6.10 Å². The van der Waals surface area contributed by atoms with Gasteiger partial charge in [0.2, 0.25) is 5.88 Å². The van der Waals surface area contributed by atoms with Crippen molar-refractivity contribution in [2.75, 3.05) is 13.1 Å². The van der Waals surface area contributed by atoms with Crippen molar-refractivity contribution in [1.82, 2.24) is 15.3 Å². The zero-order chi connectivity index (χ0) is 14.2. The number of alkyl halides is 3. The SMILES string of the molecule is FC(F)(F)c1cnc(OC2CCC3(CC2)CNC3)cn1. The molecule has 20 heavy (non-hydrogen) atoms. The fourth-order valence-corrected chi connectivity index (χ4v) is 2.85. The van der Waals surface area contributed by atoms with Crippen LogP contribution >= 0.6 is 0 Å². The van der Waals surface area contributed by atoms with Gasteiger partial charge >= 0.3 is 6.18 Å². The zero-order valence-corrected chi connectivity index (χ0v) is 10.9. The van der Waals surface area contributed by atoms with Crippen molar-refractivity contribution < 1.29 is 17.9 Å². The Labute approximate surface area is 114 Å². The summed E-state index contributed by atoms with van der Waals surface area (Å²) in [4.78, 5) is 7.04. The minimum Gasteiger partial charge on any atom is -0.473 e. The largest absolute Gasteiger partial charge is 0.473 e. The Hall–Kier alpha value is -1.37. The molecular formula is C13H16F3N3O. The van der Waals surface area contributed by atoms with E-state index >= 15 is 0 Å². The Bertz CT molecular complexity index is 461. The Morgan fingerprint density at radius 2 is 1.85 bits per heavy atom. The molecule has 1 aliphatic heterocycles. The highest BCUT2D eigenvalue weighted by Gasteiger charge is 2.40. The Morgan fingerprint density at radius 3 is 2.30 bits per heavy atom. The van der Waals surface area contributed by atoms with E-state index in [-0.39, 0.29) is 12.0 Å². The van der Waals surface area contributed by atoms with Crippen molar-refractivity contribution in [3.8, 4) is 5.88 Å². The molecule has 1 saturated carbocycles. The van der Waals surface area contributed by atoms with Crippen LogP contribution in [0.2, 0.25) is 0 Å². The molecule has 1 N–H and O–H groups in total. The highest BCUT2D eigenvalue weighted by Crippen LogP contribution is 2.40. The van der Waals surface area contributed by atoms with E-state index in [2.05, 4.69) is 15.3 Å². The molecule has 1 aromatic rings. The number of halogens is 3. The molecule has 2 fully saturated rings. The van der Waals surface area contributed by atoms with Crippen molar-refractivity contribution in [1.29, 1.82) is 0 Å². The second kappa shape index (κ2) is 4.87. The Balaban J connectivity index is 1.56. The lowest BCUT2D eigenvalue weighted by molar-refractivity contribution is -0.141. The predicted molar refractivity (Wildman–Crippen MR) is 65.2 cm³/mol. The van der Waals surface area contributed by atoms with Crippen LogP contribution in [0.3, 0.4) is 0 Å². The van der Waals surface area contributed by atoms with Crippen molar-refractivity contribution >= 4 is 0 Å². The monoisotopic (exact) mass is 287 g/mol. The summed E-state index contributed by atoms with van der Waals surface area (Å²) in [7, 11) is 0. The first-order valence-electron chi connectivity index (χ1n) is 6.74. The molecule has 0 amide bonds. The van der Waals surface area contributed by atoms with E-state index in [4.69, 9.17) is 4.74 Å². The number of ether oxygens (including phenoxy) is 1. The zero-order valence-electron chi connectivity index (χ0n) is 10.9. The van der Waals surface area contributed by atoms with E-state index in [9.17, 15) is 13.2 Å². The quantitative estimate of drug-likeness (QED) is 0.907. The summed E-state index contributed by atoms with van der Waals surface area (Å²) in [6.45, 7) is 2.14. The van der Waals surface area contributed by atoms with Crippen molar-refractivity contribution in [3.63, 3.8) is 0 Å². The van der Waals surface area contributed by atoms with E-state index in [0.717, 1.165) is 51.2 Å². The Kier molecular flexibility index (Phi) is 3.32. The normalized spacial score (nSPS) is 22.6. The molecule has 4 nitrogen and oxygen atoms in total. The van der Waals surface area contributed by atoms with E-state index in [1.807, 2.05) is 0 Å². The number of nitrogens with one attached hydrogen (secondary N) is 1. The summed E-state index contributed by atoms with van der Waals surface area (Å²) < 4.78 is 42.7. The minimum absolute atomic E-state index is 0.0345. The van der Waals surface area contributed by atoms with Crippen LogP contribution in [-0.4, -0.2) is 29.2 Å². The first kappa shape index (κ1) is 13.6. The molecule has 110 valence electrons. The third-order valence-corrected chi connectivity index (χ3v) is 4.20. The van der Waals surface area contributed by atoms with E-state index in [1.54, 1.807) is 0 Å². The van der Waals surface area contributed by atoms with Gasteiger partial charge in [-0.1, -0.05) is 0 Å². The maximum Gasteiger partial charge on any atom is 0.434 e. The van der Waals surface area contributed by atoms with Gasteiger partial charge in [0.15, 0.2) is 5.69 Å². The van der Waals surface area contributed by atoms with E-state index in [0.29, 0.717) is 5.41 Å². The highest BCUT2D eigenvalue weighted by atomic mass is 19.4. The molecule has 1 aliphatic carbocycles. The summed E-state index contributed by atoms with van der Waals surface area (Å²) in [5, 5.41) is 3.29. The lowest BCUT2D eigenvalue weighted by Crippen LogP contribution is -2.55. The van der Waals surface area contributed by atoms with Crippen LogP contribution < -0.4 is 10.1 Å². The maximum absolute atomic E-state index is 12.4. The lowest BCUT2D eigenvalue weighted by Gasteiger charge is -2.47. The maximum atomic E-state index is 12.4. The van der Waals surface area contributed by atoms with Crippen molar-refractivity contribution in [2.45, 2.75) is 38.0 Å². The van der Waals surface area contributed by atoms with Gasteiger partial charge in [-0.05, 0) is 31.1 Å². The van der Waals surface area contributed by atoms with Gasteiger partial charge in [0, 0.05) is 13.1 Å². The van der Waals surface area contributed by atoms with Crippen LogP contribution in [0.5, 0.6) is 5.88 Å². The molecule has 0 bridgehead atoms. The Morgan fingerprint density at radius 1 is 1.15 bits per heavy atom. The second-order valence-electron chi connectivity index (χ2n) is 5.66. The van der Waals surface area contributed by atoms with Crippen LogP contribution in [-0.2, 0) is 6.18 Å².